The molecule has 2 aromatic rings. The Morgan fingerprint density at radius 1 is 1.53 bits per heavy atom. The van der Waals surface area contributed by atoms with Crippen molar-refractivity contribution in [3.63, 3.8) is 0 Å². The van der Waals surface area contributed by atoms with Crippen molar-refractivity contribution in [3.05, 3.63) is 39.6 Å². The summed E-state index contributed by atoms with van der Waals surface area (Å²) in [5.74, 6) is 0. The molecule has 0 aromatic carbocycles. The van der Waals surface area contributed by atoms with E-state index in [0.29, 0.717) is 23.7 Å². The van der Waals surface area contributed by atoms with Crippen LogP contribution in [0, 0.1) is 0 Å². The summed E-state index contributed by atoms with van der Waals surface area (Å²) in [7, 11) is 0. The van der Waals surface area contributed by atoms with Gasteiger partial charge in [-0.05, 0) is 24.1 Å². The molecule has 0 radical (unpaired) electrons. The van der Waals surface area contributed by atoms with Crippen LogP contribution in [0.3, 0.4) is 0 Å². The van der Waals surface area contributed by atoms with Crippen LogP contribution in [0.2, 0.25) is 5.15 Å². The van der Waals surface area contributed by atoms with Crippen molar-refractivity contribution in [3.8, 4) is 0 Å². The quantitative estimate of drug-likeness (QED) is 0.346. The Hall–Kier alpha value is -1.71. The Kier molecular flexibility index (Phi) is 2.76. The number of furan rings is 1. The minimum Gasteiger partial charge on any atom is -0.462 e. The van der Waals surface area contributed by atoms with Crippen LogP contribution in [-0.2, 0) is 6.42 Å². The van der Waals surface area contributed by atoms with Gasteiger partial charge in [0, 0.05) is 17.0 Å². The number of nitrogens with zero attached hydrogens (tertiary/aromatic N) is 4. The van der Waals surface area contributed by atoms with Crippen LogP contribution in [-0.4, -0.2) is 11.5 Å². The zero-order chi connectivity index (χ0) is 10.7. The normalized spacial score (nSPS) is 10.2. The zero-order valence-corrected chi connectivity index (χ0v) is 8.48. The van der Waals surface area contributed by atoms with E-state index in [2.05, 4.69) is 15.0 Å². The summed E-state index contributed by atoms with van der Waals surface area (Å²) in [6, 6.07) is 3.44. The fourth-order valence-electron chi connectivity index (χ4n) is 1.33. The molecule has 0 fully saturated rings. The second-order valence-electron chi connectivity index (χ2n) is 2.95. The van der Waals surface area contributed by atoms with Crippen molar-refractivity contribution in [2.24, 2.45) is 5.11 Å². The fraction of sp³-hybridized carbons (Fsp3) is 0.222. The molecule has 0 N–H and O–H groups in total. The van der Waals surface area contributed by atoms with E-state index in [9.17, 15) is 0 Å². The first-order valence-corrected chi connectivity index (χ1v) is 4.72. The molecule has 2 aromatic heterocycles. The van der Waals surface area contributed by atoms with Crippen molar-refractivity contribution < 1.29 is 4.42 Å². The van der Waals surface area contributed by atoms with E-state index in [1.807, 2.05) is 0 Å². The predicted molar refractivity (Wildman–Crippen MR) is 56.7 cm³/mol. The lowest BCUT2D eigenvalue weighted by atomic mass is 10.2. The molecular weight excluding hydrogens is 216 g/mol. The fourth-order valence-corrected chi connectivity index (χ4v) is 1.48. The third kappa shape index (κ3) is 2.03. The predicted octanol–water partition coefficient (Wildman–Crippen LogP) is 3.33. The van der Waals surface area contributed by atoms with Crippen LogP contribution in [0.1, 0.15) is 5.56 Å². The molecule has 2 heterocycles. The van der Waals surface area contributed by atoms with Gasteiger partial charge in [0.15, 0.2) is 5.58 Å². The van der Waals surface area contributed by atoms with E-state index in [1.165, 1.54) is 0 Å². The number of hydrogen-bond donors (Lipinski definition) is 0. The number of rotatable bonds is 3. The van der Waals surface area contributed by atoms with E-state index >= 15 is 0 Å². The summed E-state index contributed by atoms with van der Waals surface area (Å²) in [6.45, 7) is 0.388. The molecule has 0 aliphatic heterocycles. The van der Waals surface area contributed by atoms with Gasteiger partial charge in [-0.15, -0.1) is 0 Å². The summed E-state index contributed by atoms with van der Waals surface area (Å²) in [6.07, 6.45) is 2.21. The van der Waals surface area contributed by atoms with E-state index < -0.39 is 0 Å². The SMILES string of the molecule is [N-]=[N+]=NCCc1coc2ccc(Cl)nc12. The molecule has 0 unspecified atom stereocenters. The van der Waals surface area contributed by atoms with Crippen LogP contribution in [0.4, 0.5) is 0 Å². The third-order valence-electron chi connectivity index (χ3n) is 2.00. The highest BCUT2D eigenvalue weighted by atomic mass is 35.5. The lowest BCUT2D eigenvalue weighted by Gasteiger charge is -1.93. The minimum atomic E-state index is 0.388. The van der Waals surface area contributed by atoms with Gasteiger partial charge >= 0.3 is 0 Å². The van der Waals surface area contributed by atoms with Crippen LogP contribution >= 0.6 is 11.6 Å². The number of hydrogen-bond acceptors (Lipinski definition) is 3. The number of aromatic nitrogens is 1. The number of halogens is 1. The van der Waals surface area contributed by atoms with Gasteiger partial charge in [0.25, 0.3) is 0 Å². The highest BCUT2D eigenvalue weighted by Crippen LogP contribution is 2.21. The van der Waals surface area contributed by atoms with Crippen molar-refractivity contribution in [1.82, 2.24) is 4.98 Å². The van der Waals surface area contributed by atoms with Gasteiger partial charge in [0.2, 0.25) is 0 Å². The molecule has 0 saturated carbocycles. The summed E-state index contributed by atoms with van der Waals surface area (Å²) in [4.78, 5) is 6.83. The van der Waals surface area contributed by atoms with Gasteiger partial charge in [-0.2, -0.15) is 0 Å². The molecule has 0 bridgehead atoms. The lowest BCUT2D eigenvalue weighted by Crippen LogP contribution is -1.88. The average molecular weight is 223 g/mol. The van der Waals surface area contributed by atoms with E-state index in [-0.39, 0.29) is 0 Å². The Labute approximate surface area is 90.3 Å². The van der Waals surface area contributed by atoms with Gasteiger partial charge in [-0.3, -0.25) is 0 Å². The molecule has 0 aliphatic rings. The maximum Gasteiger partial charge on any atom is 0.152 e. The first-order chi connectivity index (χ1) is 7.31. The van der Waals surface area contributed by atoms with E-state index in [4.69, 9.17) is 21.5 Å². The zero-order valence-electron chi connectivity index (χ0n) is 7.72. The van der Waals surface area contributed by atoms with Crippen LogP contribution in [0.5, 0.6) is 0 Å². The van der Waals surface area contributed by atoms with Gasteiger partial charge in [-0.25, -0.2) is 4.98 Å². The molecule has 15 heavy (non-hydrogen) atoms. The first-order valence-electron chi connectivity index (χ1n) is 4.35. The summed E-state index contributed by atoms with van der Waals surface area (Å²) < 4.78 is 5.28. The molecule has 2 rings (SSSR count). The Morgan fingerprint density at radius 2 is 2.40 bits per heavy atom. The Balaban J connectivity index is 2.34. The standard InChI is InChI=1S/C9H7ClN4O/c10-8-2-1-7-9(13-8)6(5-15-7)3-4-12-14-11/h1-2,5H,3-4H2. The van der Waals surface area contributed by atoms with Crippen LogP contribution in [0.15, 0.2) is 27.9 Å². The Morgan fingerprint density at radius 3 is 3.20 bits per heavy atom. The van der Waals surface area contributed by atoms with Crippen molar-refractivity contribution in [2.45, 2.75) is 6.42 Å². The summed E-state index contributed by atoms with van der Waals surface area (Å²) in [5, 5.41) is 3.88. The molecule has 0 saturated heterocycles. The number of azide groups is 1. The smallest absolute Gasteiger partial charge is 0.152 e. The highest BCUT2D eigenvalue weighted by Gasteiger charge is 2.06. The van der Waals surface area contributed by atoms with Crippen molar-refractivity contribution in [1.29, 1.82) is 0 Å². The minimum absolute atomic E-state index is 0.388. The molecule has 5 nitrogen and oxygen atoms in total. The number of fused-ring (bicyclic) bond motifs is 1. The monoisotopic (exact) mass is 222 g/mol. The molecule has 0 atom stereocenters. The molecule has 76 valence electrons. The highest BCUT2D eigenvalue weighted by molar-refractivity contribution is 6.29. The van der Waals surface area contributed by atoms with Crippen molar-refractivity contribution >= 4 is 22.7 Å². The molecule has 0 spiro atoms. The Bertz CT molecular complexity index is 530. The summed E-state index contributed by atoms with van der Waals surface area (Å²) in [5.41, 5.74) is 10.5. The van der Waals surface area contributed by atoms with Crippen LogP contribution in [0.25, 0.3) is 21.5 Å². The molecular formula is C9H7ClN4O. The summed E-state index contributed by atoms with van der Waals surface area (Å²) >= 11 is 5.77. The number of pyridine rings is 1. The largest absolute Gasteiger partial charge is 0.462 e. The average Bonchev–Trinajstić information content (AvgIpc) is 2.62. The maximum absolute atomic E-state index is 8.15. The van der Waals surface area contributed by atoms with Gasteiger partial charge in [0.1, 0.15) is 10.7 Å². The van der Waals surface area contributed by atoms with Gasteiger partial charge < -0.3 is 4.42 Å². The third-order valence-corrected chi connectivity index (χ3v) is 2.21. The molecule has 0 amide bonds. The lowest BCUT2D eigenvalue weighted by molar-refractivity contribution is 0.610. The van der Waals surface area contributed by atoms with E-state index in [1.54, 1.807) is 18.4 Å². The van der Waals surface area contributed by atoms with E-state index in [0.717, 1.165) is 11.1 Å². The van der Waals surface area contributed by atoms with Crippen LogP contribution < -0.4 is 0 Å². The molecule has 6 heteroatoms. The molecule has 0 aliphatic carbocycles. The maximum atomic E-state index is 8.15. The van der Waals surface area contributed by atoms with Gasteiger partial charge in [-0.1, -0.05) is 16.7 Å². The first kappa shape index (κ1) is 9.83. The second-order valence-corrected chi connectivity index (χ2v) is 3.33. The van der Waals surface area contributed by atoms with Gasteiger partial charge in [0.05, 0.1) is 6.26 Å². The van der Waals surface area contributed by atoms with Crippen molar-refractivity contribution in [2.75, 3.05) is 6.54 Å². The second kappa shape index (κ2) is 4.21. The topological polar surface area (TPSA) is 74.8 Å².